The van der Waals surface area contributed by atoms with Crippen LogP contribution >= 0.6 is 0 Å². The molecule has 166 valence electrons. The number of nitrogens with zero attached hydrogens (tertiary/aromatic N) is 3. The monoisotopic (exact) mass is 439 g/mol. The van der Waals surface area contributed by atoms with E-state index in [9.17, 15) is 22.8 Å². The number of anilines is 2. The number of sulfone groups is 1. The van der Waals surface area contributed by atoms with Crippen LogP contribution in [-0.4, -0.2) is 66.0 Å². The first-order chi connectivity index (χ1) is 14.1. The molecule has 0 spiro atoms. The van der Waals surface area contributed by atoms with E-state index in [1.807, 2.05) is 6.92 Å². The van der Waals surface area contributed by atoms with Crippen LogP contribution in [0, 0.1) is 12.3 Å². The number of carbonyl (C=O) groups excluding carboxylic acids is 1. The number of rotatable bonds is 9. The molecule has 11 heteroatoms. The van der Waals surface area contributed by atoms with Crippen molar-refractivity contribution >= 4 is 27.2 Å². The molecule has 1 aliphatic rings. The molecule has 1 fully saturated rings. The Morgan fingerprint density at radius 1 is 1.37 bits per heavy atom. The second-order valence-corrected chi connectivity index (χ2v) is 9.53. The Kier molecular flexibility index (Phi) is 7.86. The van der Waals surface area contributed by atoms with Crippen LogP contribution in [0.5, 0.6) is 0 Å². The summed E-state index contributed by atoms with van der Waals surface area (Å²) in [5.74, 6) is 1.94. The highest BCUT2D eigenvalue weighted by Gasteiger charge is 2.34. The van der Waals surface area contributed by atoms with E-state index in [-0.39, 0.29) is 48.7 Å². The number of aromatic nitrogens is 2. The average Bonchev–Trinajstić information content (AvgIpc) is 3.04. The fourth-order valence-corrected chi connectivity index (χ4v) is 5.35. The first kappa shape index (κ1) is 23.7. The summed E-state index contributed by atoms with van der Waals surface area (Å²) >= 11 is 0. The number of H-pyrrole nitrogens is 1. The van der Waals surface area contributed by atoms with Crippen molar-refractivity contribution < 1.29 is 13.2 Å². The molecule has 1 unspecified atom stereocenters. The van der Waals surface area contributed by atoms with Crippen molar-refractivity contribution in [3.63, 3.8) is 0 Å². The maximum atomic E-state index is 13.1. The van der Waals surface area contributed by atoms with Crippen LogP contribution < -0.4 is 21.9 Å². The van der Waals surface area contributed by atoms with E-state index in [4.69, 9.17) is 12.2 Å². The predicted molar refractivity (Wildman–Crippen MR) is 116 cm³/mol. The minimum Gasteiger partial charge on any atom is -0.383 e. The quantitative estimate of drug-likeness (QED) is 0.490. The summed E-state index contributed by atoms with van der Waals surface area (Å²) in [4.78, 5) is 42.7. The summed E-state index contributed by atoms with van der Waals surface area (Å²) in [6.07, 6.45) is 7.31. The third-order valence-corrected chi connectivity index (χ3v) is 6.94. The number of nitrogen functional groups attached to an aromatic ring is 1. The molecule has 0 radical (unpaired) electrons. The molecule has 1 amide bonds. The summed E-state index contributed by atoms with van der Waals surface area (Å²) in [6, 6.07) is -0.358. The number of terminal acetylenes is 1. The molecule has 3 N–H and O–H groups in total. The van der Waals surface area contributed by atoms with E-state index in [0.29, 0.717) is 19.4 Å². The van der Waals surface area contributed by atoms with Gasteiger partial charge in [-0.3, -0.25) is 24.0 Å². The Balaban J connectivity index is 2.34. The molecule has 1 aliphatic heterocycles. The van der Waals surface area contributed by atoms with Crippen LogP contribution in [0.25, 0.3) is 0 Å². The maximum absolute atomic E-state index is 13.1. The van der Waals surface area contributed by atoms with E-state index in [1.165, 1.54) is 9.47 Å². The van der Waals surface area contributed by atoms with E-state index >= 15 is 0 Å². The number of unbranched alkanes of at least 4 members (excludes halogenated alkanes) is 1. The number of amides is 1. The summed E-state index contributed by atoms with van der Waals surface area (Å²) in [7, 11) is -3.15. The van der Waals surface area contributed by atoms with Gasteiger partial charge in [-0.15, -0.1) is 6.42 Å². The van der Waals surface area contributed by atoms with Gasteiger partial charge in [0, 0.05) is 19.1 Å². The van der Waals surface area contributed by atoms with Crippen molar-refractivity contribution in [3.05, 3.63) is 20.8 Å². The third kappa shape index (κ3) is 5.31. The first-order valence-corrected chi connectivity index (χ1v) is 11.8. The van der Waals surface area contributed by atoms with Gasteiger partial charge in [-0.1, -0.05) is 19.3 Å². The van der Waals surface area contributed by atoms with Crippen LogP contribution in [0.1, 0.15) is 33.1 Å². The molecule has 0 aliphatic carbocycles. The van der Waals surface area contributed by atoms with Crippen LogP contribution in [0.15, 0.2) is 9.59 Å². The van der Waals surface area contributed by atoms with Gasteiger partial charge in [0.05, 0.1) is 24.6 Å². The smallest absolute Gasteiger partial charge is 0.330 e. The lowest BCUT2D eigenvalue weighted by Gasteiger charge is -2.29. The van der Waals surface area contributed by atoms with Crippen LogP contribution in [0.3, 0.4) is 0 Å². The number of likely N-dealkylation sites (N-methyl/N-ethyl adjacent to an activating group) is 1. The minimum absolute atomic E-state index is 0.0550. The number of hydrogen-bond donors (Lipinski definition) is 2. The van der Waals surface area contributed by atoms with E-state index in [2.05, 4.69) is 10.9 Å². The molecule has 10 nitrogen and oxygen atoms in total. The molecular weight excluding hydrogens is 410 g/mol. The number of aromatic amines is 1. The lowest BCUT2D eigenvalue weighted by atomic mass is 10.2. The summed E-state index contributed by atoms with van der Waals surface area (Å²) in [5, 5.41) is 0. The normalized spacial score (nSPS) is 17.7. The molecule has 1 saturated heterocycles. The highest BCUT2D eigenvalue weighted by Crippen LogP contribution is 2.20. The van der Waals surface area contributed by atoms with Gasteiger partial charge in [0.15, 0.2) is 15.5 Å². The summed E-state index contributed by atoms with van der Waals surface area (Å²) in [6.45, 7) is 4.05. The Morgan fingerprint density at radius 3 is 2.60 bits per heavy atom. The van der Waals surface area contributed by atoms with Crippen molar-refractivity contribution in [3.8, 4) is 12.3 Å². The number of hydrogen-bond acceptors (Lipinski definition) is 7. The van der Waals surface area contributed by atoms with Gasteiger partial charge in [-0.05, 0) is 19.8 Å². The predicted octanol–water partition coefficient (Wildman–Crippen LogP) is -0.606. The average molecular weight is 440 g/mol. The van der Waals surface area contributed by atoms with Gasteiger partial charge in [0.2, 0.25) is 5.91 Å². The van der Waals surface area contributed by atoms with Gasteiger partial charge in [0.25, 0.3) is 5.56 Å². The highest BCUT2D eigenvalue weighted by molar-refractivity contribution is 7.91. The fraction of sp³-hybridized carbons (Fsp3) is 0.632. The molecule has 2 heterocycles. The summed E-state index contributed by atoms with van der Waals surface area (Å²) in [5.41, 5.74) is 4.66. The lowest BCUT2D eigenvalue weighted by Crippen LogP contribution is -2.48. The molecular formula is C19H29N5O5S. The highest BCUT2D eigenvalue weighted by atomic mass is 32.2. The SMILES string of the molecule is C#CCN(CC(=O)N(CC)c1c(N)n(CCCC)c(=O)[nH]c1=O)C1CCS(=O)(=O)C1. The van der Waals surface area contributed by atoms with Crippen molar-refractivity contribution in [2.75, 3.05) is 41.8 Å². The number of nitrogens with two attached hydrogens (primary N) is 1. The Hall–Kier alpha value is -2.58. The summed E-state index contributed by atoms with van der Waals surface area (Å²) < 4.78 is 24.9. The molecule has 1 aromatic heterocycles. The zero-order chi connectivity index (χ0) is 22.5. The van der Waals surface area contributed by atoms with Gasteiger partial charge in [-0.2, -0.15) is 0 Å². The molecule has 0 bridgehead atoms. The van der Waals surface area contributed by atoms with Crippen LogP contribution in [-0.2, 0) is 21.2 Å². The molecule has 1 aromatic rings. The van der Waals surface area contributed by atoms with Crippen LogP contribution in [0.2, 0.25) is 0 Å². The van der Waals surface area contributed by atoms with E-state index in [1.54, 1.807) is 11.8 Å². The van der Waals surface area contributed by atoms with E-state index < -0.39 is 27.0 Å². The molecule has 0 saturated carbocycles. The standard InChI is InChI=1S/C19H29N5O5S/c1-4-7-10-24-17(20)16(18(26)21-19(24)27)23(6-3)15(25)12-22(9-5-2)14-8-11-30(28,29)13-14/h2,14H,4,6-13,20H2,1,3H3,(H,21,26,27). The number of nitrogens with one attached hydrogen (secondary N) is 1. The molecule has 0 aromatic carbocycles. The lowest BCUT2D eigenvalue weighted by molar-refractivity contribution is -0.120. The van der Waals surface area contributed by atoms with Gasteiger partial charge >= 0.3 is 5.69 Å². The fourth-order valence-electron chi connectivity index (χ4n) is 3.59. The first-order valence-electron chi connectivity index (χ1n) is 9.96. The molecule has 30 heavy (non-hydrogen) atoms. The second-order valence-electron chi connectivity index (χ2n) is 7.30. The zero-order valence-corrected chi connectivity index (χ0v) is 18.2. The zero-order valence-electron chi connectivity index (χ0n) is 17.4. The van der Waals surface area contributed by atoms with Gasteiger partial charge in [-0.25, -0.2) is 13.2 Å². The van der Waals surface area contributed by atoms with Crippen molar-refractivity contribution in [2.24, 2.45) is 0 Å². The van der Waals surface area contributed by atoms with Gasteiger partial charge < -0.3 is 10.6 Å². The Labute approximate surface area is 176 Å². The van der Waals surface area contributed by atoms with Gasteiger partial charge in [0.1, 0.15) is 5.82 Å². The maximum Gasteiger partial charge on any atom is 0.330 e. The van der Waals surface area contributed by atoms with Crippen molar-refractivity contribution in [1.29, 1.82) is 0 Å². The molecule has 2 rings (SSSR count). The van der Waals surface area contributed by atoms with Crippen LogP contribution in [0.4, 0.5) is 11.5 Å². The Morgan fingerprint density at radius 2 is 2.07 bits per heavy atom. The van der Waals surface area contributed by atoms with Crippen molar-refractivity contribution in [2.45, 2.75) is 45.7 Å². The third-order valence-electron chi connectivity index (χ3n) is 5.19. The molecule has 1 atom stereocenters. The Bertz CT molecular complexity index is 1040. The largest absolute Gasteiger partial charge is 0.383 e. The second kappa shape index (κ2) is 9.95. The van der Waals surface area contributed by atoms with Crippen molar-refractivity contribution in [1.82, 2.24) is 14.5 Å². The minimum atomic E-state index is -3.15. The topological polar surface area (TPSA) is 139 Å². The van der Waals surface area contributed by atoms with E-state index in [0.717, 1.165) is 6.42 Å². The number of carbonyl (C=O) groups is 1.